The van der Waals surface area contributed by atoms with Gasteiger partial charge in [-0.2, -0.15) is 0 Å². The Bertz CT molecular complexity index is 804. The van der Waals surface area contributed by atoms with Crippen molar-refractivity contribution in [2.45, 2.75) is 26.2 Å². The van der Waals surface area contributed by atoms with E-state index in [1.165, 1.54) is 0 Å². The van der Waals surface area contributed by atoms with Crippen LogP contribution < -0.4 is 20.1 Å². The zero-order valence-electron chi connectivity index (χ0n) is 14.7. The molecule has 136 valence electrons. The fourth-order valence-corrected chi connectivity index (χ4v) is 2.66. The predicted octanol–water partition coefficient (Wildman–Crippen LogP) is 3.59. The van der Waals surface area contributed by atoms with Crippen LogP contribution >= 0.6 is 0 Å². The summed E-state index contributed by atoms with van der Waals surface area (Å²) < 4.78 is 10.6. The Hall–Kier alpha value is -3.02. The molecule has 1 aliphatic heterocycles. The van der Waals surface area contributed by atoms with Crippen LogP contribution in [0.2, 0.25) is 0 Å². The van der Waals surface area contributed by atoms with Crippen molar-refractivity contribution in [1.29, 1.82) is 0 Å². The van der Waals surface area contributed by atoms with Crippen LogP contribution in [0.1, 0.15) is 46.9 Å². The molecule has 0 spiro atoms. The molecule has 0 aliphatic carbocycles. The second kappa shape index (κ2) is 8.38. The van der Waals surface area contributed by atoms with Crippen molar-refractivity contribution in [3.05, 3.63) is 53.6 Å². The number of hydrogen-bond donors (Lipinski definition) is 2. The molecule has 0 saturated heterocycles. The highest BCUT2D eigenvalue weighted by Crippen LogP contribution is 2.34. The molecule has 26 heavy (non-hydrogen) atoms. The normalized spacial score (nSPS) is 11.9. The smallest absolute Gasteiger partial charge is 0.255 e. The molecule has 1 aliphatic rings. The lowest BCUT2D eigenvalue weighted by molar-refractivity contribution is 0.0953. The van der Waals surface area contributed by atoms with Crippen LogP contribution in [0, 0.1) is 0 Å². The number of unbranched alkanes of at least 4 members (excludes halogenated alkanes) is 2. The third kappa shape index (κ3) is 4.33. The van der Waals surface area contributed by atoms with E-state index in [1.54, 1.807) is 42.5 Å². The maximum absolute atomic E-state index is 12.5. The molecule has 2 N–H and O–H groups in total. The number of anilines is 1. The topological polar surface area (TPSA) is 76.7 Å². The number of benzene rings is 2. The molecule has 2 amide bonds. The van der Waals surface area contributed by atoms with Gasteiger partial charge >= 0.3 is 0 Å². The summed E-state index contributed by atoms with van der Waals surface area (Å²) in [5.74, 6) is 0.802. The maximum atomic E-state index is 12.5. The number of fused-ring (bicyclic) bond motifs is 1. The van der Waals surface area contributed by atoms with Gasteiger partial charge in [0.05, 0.1) is 0 Å². The van der Waals surface area contributed by atoms with Crippen molar-refractivity contribution in [2.24, 2.45) is 0 Å². The number of amides is 2. The van der Waals surface area contributed by atoms with Crippen LogP contribution in [0.3, 0.4) is 0 Å². The molecule has 0 atom stereocenters. The van der Waals surface area contributed by atoms with Gasteiger partial charge in [-0.05, 0) is 36.8 Å². The molecule has 2 aromatic carbocycles. The fourth-order valence-electron chi connectivity index (χ4n) is 2.66. The Balaban J connectivity index is 1.63. The Kier molecular flexibility index (Phi) is 5.73. The minimum Gasteiger partial charge on any atom is -0.454 e. The monoisotopic (exact) mass is 354 g/mol. The van der Waals surface area contributed by atoms with E-state index in [9.17, 15) is 9.59 Å². The summed E-state index contributed by atoms with van der Waals surface area (Å²) in [5.41, 5.74) is 1.50. The third-order valence-electron chi connectivity index (χ3n) is 4.08. The minimum absolute atomic E-state index is 0.168. The van der Waals surface area contributed by atoms with E-state index in [2.05, 4.69) is 17.6 Å². The van der Waals surface area contributed by atoms with Gasteiger partial charge in [-0.15, -0.1) is 0 Å². The zero-order valence-corrected chi connectivity index (χ0v) is 14.7. The third-order valence-corrected chi connectivity index (χ3v) is 4.08. The molecule has 0 bridgehead atoms. The van der Waals surface area contributed by atoms with E-state index in [4.69, 9.17) is 9.47 Å². The standard InChI is InChI=1S/C20H22N2O4/c1-2-3-4-10-21-19(23)14-6-5-7-15(11-14)20(24)22-16-8-9-17-18(12-16)26-13-25-17/h5-9,11-12H,2-4,10,13H2,1H3,(H,21,23)(H,22,24). The lowest BCUT2D eigenvalue weighted by Gasteiger charge is -2.08. The van der Waals surface area contributed by atoms with Gasteiger partial charge in [0.2, 0.25) is 6.79 Å². The molecule has 3 rings (SSSR count). The van der Waals surface area contributed by atoms with E-state index in [1.807, 2.05) is 0 Å². The molecule has 0 unspecified atom stereocenters. The zero-order chi connectivity index (χ0) is 18.4. The first-order valence-corrected chi connectivity index (χ1v) is 8.76. The van der Waals surface area contributed by atoms with E-state index in [0.717, 1.165) is 19.3 Å². The number of carbonyl (C=O) groups is 2. The quantitative estimate of drug-likeness (QED) is 0.745. The van der Waals surface area contributed by atoms with Gasteiger partial charge in [0.1, 0.15) is 0 Å². The summed E-state index contributed by atoms with van der Waals surface area (Å²) in [6.45, 7) is 2.94. The van der Waals surface area contributed by atoms with Crippen LogP contribution in [0.4, 0.5) is 5.69 Å². The molecule has 0 saturated carbocycles. The van der Waals surface area contributed by atoms with Crippen molar-refractivity contribution < 1.29 is 19.1 Å². The molecular formula is C20H22N2O4. The van der Waals surface area contributed by atoms with Gasteiger partial charge in [-0.1, -0.05) is 25.8 Å². The molecule has 1 heterocycles. The first-order chi connectivity index (χ1) is 12.7. The Morgan fingerprint density at radius 3 is 2.54 bits per heavy atom. The van der Waals surface area contributed by atoms with Crippen LogP contribution in [-0.4, -0.2) is 25.2 Å². The minimum atomic E-state index is -0.288. The predicted molar refractivity (Wildman–Crippen MR) is 98.8 cm³/mol. The molecule has 0 aromatic heterocycles. The Morgan fingerprint density at radius 1 is 0.962 bits per heavy atom. The highest BCUT2D eigenvalue weighted by atomic mass is 16.7. The lowest BCUT2D eigenvalue weighted by atomic mass is 10.1. The van der Waals surface area contributed by atoms with E-state index in [-0.39, 0.29) is 18.6 Å². The fraction of sp³-hybridized carbons (Fsp3) is 0.300. The first-order valence-electron chi connectivity index (χ1n) is 8.76. The summed E-state index contributed by atoms with van der Waals surface area (Å²) in [7, 11) is 0. The van der Waals surface area contributed by atoms with Gasteiger partial charge in [0, 0.05) is 29.4 Å². The summed E-state index contributed by atoms with van der Waals surface area (Å²) in [4.78, 5) is 24.7. The van der Waals surface area contributed by atoms with Crippen LogP contribution in [-0.2, 0) is 0 Å². The largest absolute Gasteiger partial charge is 0.454 e. The van der Waals surface area contributed by atoms with E-state index in [0.29, 0.717) is 34.9 Å². The van der Waals surface area contributed by atoms with Crippen molar-refractivity contribution in [3.63, 3.8) is 0 Å². The maximum Gasteiger partial charge on any atom is 0.255 e. The van der Waals surface area contributed by atoms with Crippen LogP contribution in [0.15, 0.2) is 42.5 Å². The molecule has 2 aromatic rings. The van der Waals surface area contributed by atoms with Gasteiger partial charge in [-0.3, -0.25) is 9.59 Å². The highest BCUT2D eigenvalue weighted by Gasteiger charge is 2.15. The second-order valence-corrected chi connectivity index (χ2v) is 6.07. The second-order valence-electron chi connectivity index (χ2n) is 6.07. The van der Waals surface area contributed by atoms with Crippen LogP contribution in [0.25, 0.3) is 0 Å². The van der Waals surface area contributed by atoms with Crippen LogP contribution in [0.5, 0.6) is 11.5 Å². The molecular weight excluding hydrogens is 332 g/mol. The number of nitrogens with one attached hydrogen (secondary N) is 2. The Labute approximate surface area is 152 Å². The summed E-state index contributed by atoms with van der Waals surface area (Å²) in [6.07, 6.45) is 3.14. The van der Waals surface area contributed by atoms with Crippen molar-refractivity contribution in [3.8, 4) is 11.5 Å². The van der Waals surface area contributed by atoms with Gasteiger partial charge in [0.15, 0.2) is 11.5 Å². The van der Waals surface area contributed by atoms with E-state index < -0.39 is 0 Å². The summed E-state index contributed by atoms with van der Waals surface area (Å²) in [5, 5.41) is 5.68. The SMILES string of the molecule is CCCCCNC(=O)c1cccc(C(=O)Nc2ccc3c(c2)OCO3)c1. The number of ether oxygens (including phenoxy) is 2. The Morgan fingerprint density at radius 2 is 1.73 bits per heavy atom. The number of rotatable bonds is 7. The van der Waals surface area contributed by atoms with Gasteiger partial charge < -0.3 is 20.1 Å². The molecule has 0 fully saturated rings. The lowest BCUT2D eigenvalue weighted by Crippen LogP contribution is -2.24. The highest BCUT2D eigenvalue weighted by molar-refractivity contribution is 6.06. The summed E-state index contributed by atoms with van der Waals surface area (Å²) in [6, 6.07) is 11.9. The van der Waals surface area contributed by atoms with Crippen molar-refractivity contribution in [2.75, 3.05) is 18.7 Å². The van der Waals surface area contributed by atoms with Gasteiger partial charge in [-0.25, -0.2) is 0 Å². The molecule has 0 radical (unpaired) electrons. The van der Waals surface area contributed by atoms with Crippen molar-refractivity contribution >= 4 is 17.5 Å². The molecule has 6 heteroatoms. The number of carbonyl (C=O) groups excluding carboxylic acids is 2. The van der Waals surface area contributed by atoms with Crippen molar-refractivity contribution in [1.82, 2.24) is 5.32 Å². The summed E-state index contributed by atoms with van der Waals surface area (Å²) >= 11 is 0. The average molecular weight is 354 g/mol. The molecule has 6 nitrogen and oxygen atoms in total. The first kappa shape index (κ1) is 17.8. The van der Waals surface area contributed by atoms with E-state index >= 15 is 0 Å². The number of hydrogen-bond acceptors (Lipinski definition) is 4. The average Bonchev–Trinajstić information content (AvgIpc) is 3.13. The van der Waals surface area contributed by atoms with Gasteiger partial charge in [0.25, 0.3) is 11.8 Å².